The molecule has 1 aliphatic rings. The van der Waals surface area contributed by atoms with Crippen LogP contribution in [0.15, 0.2) is 0 Å². The van der Waals surface area contributed by atoms with E-state index < -0.39 is 7.82 Å². The normalized spacial score (nSPS) is 18.2. The predicted octanol–water partition coefficient (Wildman–Crippen LogP) is 8.40. The Labute approximate surface area is 206 Å². The van der Waals surface area contributed by atoms with E-state index in [-0.39, 0.29) is 0 Å². The summed E-state index contributed by atoms with van der Waals surface area (Å²) in [6, 6.07) is 0. The number of unbranched alkanes of at least 4 members (excludes halogenated alkanes) is 15. The Morgan fingerprint density at radius 3 is 1.48 bits per heavy atom. The van der Waals surface area contributed by atoms with Crippen LogP contribution in [0.1, 0.15) is 135 Å². The zero-order valence-corrected chi connectivity index (χ0v) is 23.1. The molecule has 6 heteroatoms. The lowest BCUT2D eigenvalue weighted by Gasteiger charge is -2.33. The number of phosphoric acid groups is 1. The summed E-state index contributed by atoms with van der Waals surface area (Å²) < 4.78 is 23.5. The summed E-state index contributed by atoms with van der Waals surface area (Å²) in [5, 5.41) is 0. The number of likely N-dealkylation sites (tertiary alicyclic amines) is 1. The maximum atomic E-state index is 12.1. The predicted molar refractivity (Wildman–Crippen MR) is 141 cm³/mol. The van der Waals surface area contributed by atoms with Gasteiger partial charge < -0.3 is 9.38 Å². The number of hydrogen-bond donors (Lipinski definition) is 1. The maximum absolute atomic E-state index is 12.1. The van der Waals surface area contributed by atoms with Crippen molar-refractivity contribution < 1.29 is 23.0 Å². The van der Waals surface area contributed by atoms with Gasteiger partial charge >= 0.3 is 7.82 Å². The van der Waals surface area contributed by atoms with Crippen LogP contribution in [-0.4, -0.2) is 49.3 Å². The van der Waals surface area contributed by atoms with Crippen molar-refractivity contribution in [2.45, 2.75) is 135 Å². The van der Waals surface area contributed by atoms with Crippen LogP contribution in [0.2, 0.25) is 0 Å². The maximum Gasteiger partial charge on any atom is 0.472 e. The molecule has 1 atom stereocenters. The van der Waals surface area contributed by atoms with E-state index in [2.05, 4.69) is 14.0 Å². The van der Waals surface area contributed by atoms with E-state index in [0.29, 0.717) is 13.2 Å². The first-order valence-corrected chi connectivity index (χ1v) is 15.9. The number of phosphoric ester groups is 1. The highest BCUT2D eigenvalue weighted by molar-refractivity contribution is 7.47. The number of hydrogen-bond acceptors (Lipinski definition) is 3. The van der Waals surface area contributed by atoms with Crippen molar-refractivity contribution in [3.05, 3.63) is 0 Å². The third kappa shape index (κ3) is 19.0. The Morgan fingerprint density at radius 2 is 1.03 bits per heavy atom. The Morgan fingerprint density at radius 1 is 0.636 bits per heavy atom. The molecule has 0 spiro atoms. The molecule has 0 saturated carbocycles. The van der Waals surface area contributed by atoms with Crippen molar-refractivity contribution in [3.63, 3.8) is 0 Å². The molecule has 0 aliphatic carbocycles. The topological polar surface area (TPSA) is 55.8 Å². The van der Waals surface area contributed by atoms with Crippen LogP contribution in [0.25, 0.3) is 0 Å². The quantitative estimate of drug-likeness (QED) is 0.0940. The summed E-state index contributed by atoms with van der Waals surface area (Å²) in [4.78, 5) is 9.91. The molecule has 1 heterocycles. The monoisotopic (exact) mass is 490 g/mol. The van der Waals surface area contributed by atoms with E-state index in [0.717, 1.165) is 37.0 Å². The molecule has 33 heavy (non-hydrogen) atoms. The van der Waals surface area contributed by atoms with Crippen LogP contribution in [0.5, 0.6) is 0 Å². The van der Waals surface area contributed by atoms with Gasteiger partial charge in [-0.15, -0.1) is 0 Å². The first-order valence-electron chi connectivity index (χ1n) is 14.4. The van der Waals surface area contributed by atoms with Gasteiger partial charge in [0.15, 0.2) is 0 Å². The van der Waals surface area contributed by atoms with Crippen molar-refractivity contribution in [1.82, 2.24) is 0 Å². The number of likely N-dealkylation sites (N-methyl/N-ethyl adjacent to an activating group) is 1. The van der Waals surface area contributed by atoms with Crippen molar-refractivity contribution in [1.29, 1.82) is 0 Å². The molecule has 1 N–H and O–H groups in total. The summed E-state index contributed by atoms with van der Waals surface area (Å²) in [7, 11) is -1.67. The van der Waals surface area contributed by atoms with Gasteiger partial charge in [0.2, 0.25) is 0 Å². The first-order chi connectivity index (χ1) is 16.0. The largest absolute Gasteiger partial charge is 0.472 e. The minimum Gasteiger partial charge on any atom is -0.324 e. The molecule has 0 bridgehead atoms. The Hall–Kier alpha value is 0.0700. The highest BCUT2D eigenvalue weighted by atomic mass is 31.2. The van der Waals surface area contributed by atoms with Crippen LogP contribution in [0, 0.1) is 0 Å². The van der Waals surface area contributed by atoms with E-state index in [9.17, 15) is 9.46 Å². The molecule has 0 amide bonds. The number of rotatable bonds is 22. The summed E-state index contributed by atoms with van der Waals surface area (Å²) in [6.07, 6.45) is 26.2. The highest BCUT2D eigenvalue weighted by Crippen LogP contribution is 2.43. The van der Waals surface area contributed by atoms with E-state index in [1.807, 2.05) is 0 Å². The molecule has 198 valence electrons. The van der Waals surface area contributed by atoms with E-state index in [4.69, 9.17) is 9.05 Å². The molecule has 1 saturated heterocycles. The van der Waals surface area contributed by atoms with Crippen LogP contribution in [-0.2, 0) is 13.6 Å². The van der Waals surface area contributed by atoms with E-state index in [1.54, 1.807) is 0 Å². The average Bonchev–Trinajstić information content (AvgIpc) is 3.00. The van der Waals surface area contributed by atoms with Gasteiger partial charge in [-0.05, 0) is 32.1 Å². The van der Waals surface area contributed by atoms with Crippen molar-refractivity contribution in [2.75, 3.05) is 39.9 Å². The number of quaternary nitrogens is 1. The first kappa shape index (κ1) is 31.1. The smallest absolute Gasteiger partial charge is 0.324 e. The zero-order valence-electron chi connectivity index (χ0n) is 22.2. The van der Waals surface area contributed by atoms with Crippen LogP contribution in [0.4, 0.5) is 0 Å². The third-order valence-electron chi connectivity index (χ3n) is 7.28. The summed E-state index contributed by atoms with van der Waals surface area (Å²) in [5.74, 6) is 0. The Balaban J connectivity index is 1.85. The van der Waals surface area contributed by atoms with Crippen molar-refractivity contribution in [3.8, 4) is 0 Å². The van der Waals surface area contributed by atoms with Gasteiger partial charge in [0.1, 0.15) is 13.2 Å². The second kappa shape index (κ2) is 20.3. The Kier molecular flexibility index (Phi) is 19.1. The summed E-state index contributed by atoms with van der Waals surface area (Å²) in [5.41, 5.74) is 0. The van der Waals surface area contributed by atoms with Gasteiger partial charge in [-0.3, -0.25) is 9.05 Å². The van der Waals surface area contributed by atoms with E-state index >= 15 is 0 Å². The zero-order chi connectivity index (χ0) is 24.1. The molecular formula is C27H57NO4P+. The minimum absolute atomic E-state index is 0.295. The second-order valence-corrected chi connectivity index (χ2v) is 12.1. The molecule has 0 aromatic heterocycles. The molecule has 1 rings (SSSR count). The molecular weight excluding hydrogens is 433 g/mol. The average molecular weight is 491 g/mol. The van der Waals surface area contributed by atoms with Crippen molar-refractivity contribution in [2.24, 2.45) is 0 Å². The van der Waals surface area contributed by atoms with Gasteiger partial charge in [0.05, 0.1) is 26.7 Å². The third-order valence-corrected chi connectivity index (χ3v) is 8.30. The lowest BCUT2D eigenvalue weighted by molar-refractivity contribution is -0.908. The van der Waals surface area contributed by atoms with Gasteiger partial charge in [-0.25, -0.2) is 4.57 Å². The second-order valence-electron chi connectivity index (χ2n) is 10.6. The van der Waals surface area contributed by atoms with Crippen molar-refractivity contribution >= 4 is 7.82 Å². The van der Waals surface area contributed by atoms with Gasteiger partial charge in [-0.1, -0.05) is 103 Å². The standard InChI is InChI=1S/C27H56NO4P/c1-3-4-5-6-7-8-9-10-11-12-13-14-15-16-19-22-26-31-33(29,30)32-27-25-28(2)23-20-17-18-21-24-28/h3-27H2,1-2H3/p+1. The van der Waals surface area contributed by atoms with Crippen LogP contribution < -0.4 is 0 Å². The van der Waals surface area contributed by atoms with Gasteiger partial charge in [-0.2, -0.15) is 0 Å². The van der Waals surface area contributed by atoms with Crippen LogP contribution >= 0.6 is 7.82 Å². The molecule has 0 radical (unpaired) electrons. The van der Waals surface area contributed by atoms with Gasteiger partial charge in [0, 0.05) is 0 Å². The molecule has 0 aromatic carbocycles. The summed E-state index contributed by atoms with van der Waals surface area (Å²) >= 11 is 0. The van der Waals surface area contributed by atoms with Crippen LogP contribution in [0.3, 0.4) is 0 Å². The molecule has 1 fully saturated rings. The highest BCUT2D eigenvalue weighted by Gasteiger charge is 2.26. The molecule has 1 unspecified atom stereocenters. The minimum atomic E-state index is -3.90. The molecule has 5 nitrogen and oxygen atoms in total. The number of nitrogens with zero attached hydrogens (tertiary/aromatic N) is 1. The summed E-state index contributed by atoms with van der Waals surface area (Å²) in [6.45, 7) is 5.95. The molecule has 1 aliphatic heterocycles. The lowest BCUT2D eigenvalue weighted by atomic mass is 10.0. The lowest BCUT2D eigenvalue weighted by Crippen LogP contribution is -2.46. The SMILES string of the molecule is CCCCCCCCCCCCCCCCCCOP(=O)(O)OCC[N+]1(C)CCCCCC1. The van der Waals surface area contributed by atoms with E-state index in [1.165, 1.54) is 116 Å². The fourth-order valence-electron chi connectivity index (χ4n) is 4.92. The fourth-order valence-corrected chi connectivity index (χ4v) is 5.67. The fraction of sp³-hybridized carbons (Fsp3) is 1.00. The molecule has 0 aromatic rings. The Bertz CT molecular complexity index is 481. The van der Waals surface area contributed by atoms with Gasteiger partial charge in [0.25, 0.3) is 0 Å².